The third-order valence-corrected chi connectivity index (χ3v) is 1.54. The van der Waals surface area contributed by atoms with E-state index in [0.717, 1.165) is 0 Å². The smallest absolute Gasteiger partial charge is 0.480 e. The van der Waals surface area contributed by atoms with Crippen LogP contribution >= 0.6 is 0 Å². The number of aliphatic carboxylic acids is 2. The van der Waals surface area contributed by atoms with Gasteiger partial charge in [0, 0.05) is 6.42 Å². The first-order valence-corrected chi connectivity index (χ1v) is 3.97. The van der Waals surface area contributed by atoms with Crippen molar-refractivity contribution in [2.24, 2.45) is 0 Å². The van der Waals surface area contributed by atoms with Crippen molar-refractivity contribution in [3.8, 4) is 0 Å². The van der Waals surface area contributed by atoms with Gasteiger partial charge in [0.25, 0.3) is 0 Å². The molecule has 1 aliphatic rings. The van der Waals surface area contributed by atoms with Crippen LogP contribution in [0.2, 0.25) is 0 Å². The number of carbonyl (C=O) groups is 3. The maximum atomic E-state index is 10.6. The Kier molecular flexibility index (Phi) is 4.73. The van der Waals surface area contributed by atoms with E-state index in [1.807, 2.05) is 0 Å². The minimum atomic E-state index is -5.08. The highest BCUT2D eigenvalue weighted by molar-refractivity contribution is 5.87. The molecule has 1 saturated heterocycles. The first-order valence-electron chi connectivity index (χ1n) is 3.97. The number of rotatable bonds is 1. The van der Waals surface area contributed by atoms with Crippen LogP contribution < -0.4 is 5.32 Å². The molecule has 0 aromatic heterocycles. The van der Waals surface area contributed by atoms with Gasteiger partial charge < -0.3 is 15.5 Å². The van der Waals surface area contributed by atoms with Crippen molar-refractivity contribution in [2.75, 3.05) is 0 Å². The summed E-state index contributed by atoms with van der Waals surface area (Å²) in [5, 5.41) is 17.8. The SMILES string of the molecule is O=C(O)C(F)(F)F.O=C1CC[C@@H](C(=O)O)N1. The molecule has 0 unspecified atom stereocenters. The van der Waals surface area contributed by atoms with Crippen LogP contribution in [0.25, 0.3) is 0 Å². The van der Waals surface area contributed by atoms with E-state index in [-0.39, 0.29) is 5.91 Å². The second-order valence-corrected chi connectivity index (χ2v) is 2.80. The summed E-state index contributed by atoms with van der Waals surface area (Å²) in [6.45, 7) is 0. The molecular weight excluding hydrogens is 235 g/mol. The fourth-order valence-electron chi connectivity index (χ4n) is 0.799. The number of alkyl halides is 3. The highest BCUT2D eigenvalue weighted by atomic mass is 19.4. The lowest BCUT2D eigenvalue weighted by molar-refractivity contribution is -0.192. The summed E-state index contributed by atoms with van der Waals surface area (Å²) in [5.41, 5.74) is 0. The normalized spacial score (nSPS) is 19.4. The number of carboxylic acid groups (broad SMARTS) is 2. The molecule has 6 nitrogen and oxygen atoms in total. The van der Waals surface area contributed by atoms with Gasteiger partial charge in [0.2, 0.25) is 5.91 Å². The molecule has 1 rings (SSSR count). The molecule has 0 aromatic carbocycles. The molecule has 0 aromatic rings. The molecule has 1 amide bonds. The van der Waals surface area contributed by atoms with Crippen LogP contribution in [-0.4, -0.2) is 40.3 Å². The van der Waals surface area contributed by atoms with E-state index in [1.54, 1.807) is 0 Å². The predicted octanol–water partition coefficient (Wildman–Crippen LogP) is -0.0171. The van der Waals surface area contributed by atoms with Gasteiger partial charge in [-0.1, -0.05) is 0 Å². The van der Waals surface area contributed by atoms with Crippen LogP contribution in [0.4, 0.5) is 13.2 Å². The van der Waals surface area contributed by atoms with Gasteiger partial charge in [-0.3, -0.25) is 4.79 Å². The Labute approximate surface area is 87.0 Å². The third kappa shape index (κ3) is 5.17. The number of halogens is 3. The van der Waals surface area contributed by atoms with E-state index >= 15 is 0 Å². The molecule has 0 radical (unpaired) electrons. The van der Waals surface area contributed by atoms with Crippen molar-refractivity contribution in [1.82, 2.24) is 5.32 Å². The maximum Gasteiger partial charge on any atom is 0.490 e. The lowest BCUT2D eigenvalue weighted by Gasteiger charge is -1.99. The standard InChI is InChI=1S/C5H7NO3.C2HF3O2/c7-4-2-1-3(6-4)5(8)9;3-2(4,5)1(6)7/h3H,1-2H2,(H,6,7)(H,8,9);(H,6,7)/t3-;/m0./s1. The summed E-state index contributed by atoms with van der Waals surface area (Å²) in [6.07, 6.45) is -4.31. The molecule has 1 atom stereocenters. The molecule has 0 aliphatic carbocycles. The van der Waals surface area contributed by atoms with Crippen molar-refractivity contribution in [2.45, 2.75) is 25.1 Å². The largest absolute Gasteiger partial charge is 0.490 e. The van der Waals surface area contributed by atoms with Crippen LogP contribution in [0.5, 0.6) is 0 Å². The summed E-state index contributed by atoms with van der Waals surface area (Å²) in [7, 11) is 0. The minimum absolute atomic E-state index is 0.164. The molecule has 9 heteroatoms. The third-order valence-electron chi connectivity index (χ3n) is 1.54. The molecule has 3 N–H and O–H groups in total. The first kappa shape index (κ1) is 14.2. The summed E-state index contributed by atoms with van der Waals surface area (Å²) >= 11 is 0. The zero-order valence-corrected chi connectivity index (χ0v) is 7.74. The Bertz CT molecular complexity index is 301. The van der Waals surface area contributed by atoms with Gasteiger partial charge >= 0.3 is 18.1 Å². The highest BCUT2D eigenvalue weighted by Gasteiger charge is 2.38. The van der Waals surface area contributed by atoms with Crippen LogP contribution in [0.3, 0.4) is 0 Å². The number of hydrogen-bond donors (Lipinski definition) is 3. The topological polar surface area (TPSA) is 104 Å². The van der Waals surface area contributed by atoms with Crippen LogP contribution in [0, 0.1) is 0 Å². The fourth-order valence-corrected chi connectivity index (χ4v) is 0.799. The predicted molar refractivity (Wildman–Crippen MR) is 42.5 cm³/mol. The molecule has 16 heavy (non-hydrogen) atoms. The quantitative estimate of drug-likeness (QED) is 0.600. The van der Waals surface area contributed by atoms with Crippen LogP contribution in [0.1, 0.15) is 12.8 Å². The Morgan fingerprint density at radius 3 is 1.88 bits per heavy atom. The Balaban J connectivity index is 0.000000293. The van der Waals surface area contributed by atoms with Gasteiger partial charge in [0.05, 0.1) is 0 Å². The van der Waals surface area contributed by atoms with Gasteiger partial charge in [-0.25, -0.2) is 9.59 Å². The highest BCUT2D eigenvalue weighted by Crippen LogP contribution is 2.13. The maximum absolute atomic E-state index is 10.6. The van der Waals surface area contributed by atoms with Crippen molar-refractivity contribution >= 4 is 17.8 Å². The summed E-state index contributed by atoms with van der Waals surface area (Å²) in [5.74, 6) is -3.87. The Hall–Kier alpha value is -1.80. The summed E-state index contributed by atoms with van der Waals surface area (Å²) in [6, 6.07) is -0.641. The van der Waals surface area contributed by atoms with Gasteiger partial charge in [-0.05, 0) is 6.42 Å². The monoisotopic (exact) mass is 243 g/mol. The summed E-state index contributed by atoms with van der Waals surface area (Å²) < 4.78 is 31.7. The fraction of sp³-hybridized carbons (Fsp3) is 0.571. The molecule has 1 heterocycles. The van der Waals surface area contributed by atoms with Gasteiger partial charge in [0.1, 0.15) is 6.04 Å². The second-order valence-electron chi connectivity index (χ2n) is 2.80. The zero-order chi connectivity index (χ0) is 12.9. The van der Waals surface area contributed by atoms with E-state index in [9.17, 15) is 22.8 Å². The zero-order valence-electron chi connectivity index (χ0n) is 7.74. The van der Waals surface area contributed by atoms with E-state index in [0.29, 0.717) is 12.8 Å². The van der Waals surface area contributed by atoms with Crippen LogP contribution in [-0.2, 0) is 14.4 Å². The number of carboxylic acids is 2. The summed E-state index contributed by atoms with van der Waals surface area (Å²) in [4.78, 5) is 29.4. The molecule has 0 spiro atoms. The van der Waals surface area contributed by atoms with E-state index in [2.05, 4.69) is 5.32 Å². The number of nitrogens with one attached hydrogen (secondary N) is 1. The molecular formula is C7H8F3NO5. The second kappa shape index (κ2) is 5.33. The average Bonchev–Trinajstić information content (AvgIpc) is 2.51. The Morgan fingerprint density at radius 1 is 1.31 bits per heavy atom. The number of hydrogen-bond acceptors (Lipinski definition) is 3. The number of amides is 1. The van der Waals surface area contributed by atoms with E-state index in [1.165, 1.54) is 0 Å². The average molecular weight is 243 g/mol. The number of carbonyl (C=O) groups excluding carboxylic acids is 1. The van der Waals surface area contributed by atoms with Gasteiger partial charge in [-0.15, -0.1) is 0 Å². The van der Waals surface area contributed by atoms with Crippen LogP contribution in [0.15, 0.2) is 0 Å². The van der Waals surface area contributed by atoms with E-state index in [4.69, 9.17) is 15.0 Å². The minimum Gasteiger partial charge on any atom is -0.480 e. The Morgan fingerprint density at radius 2 is 1.75 bits per heavy atom. The lowest BCUT2D eigenvalue weighted by Crippen LogP contribution is -2.32. The van der Waals surface area contributed by atoms with Crippen molar-refractivity contribution in [3.63, 3.8) is 0 Å². The molecule has 0 bridgehead atoms. The van der Waals surface area contributed by atoms with Gasteiger partial charge in [-0.2, -0.15) is 13.2 Å². The molecule has 92 valence electrons. The van der Waals surface area contributed by atoms with Gasteiger partial charge in [0.15, 0.2) is 0 Å². The first-order chi connectivity index (χ1) is 7.14. The van der Waals surface area contributed by atoms with E-state index < -0.39 is 24.2 Å². The molecule has 1 fully saturated rings. The lowest BCUT2D eigenvalue weighted by atomic mass is 10.2. The van der Waals surface area contributed by atoms with Crippen molar-refractivity contribution in [1.29, 1.82) is 0 Å². The van der Waals surface area contributed by atoms with Crippen molar-refractivity contribution in [3.05, 3.63) is 0 Å². The molecule has 0 saturated carbocycles. The molecule has 1 aliphatic heterocycles. The van der Waals surface area contributed by atoms with Crippen molar-refractivity contribution < 1.29 is 37.8 Å².